The number of carbonyl (C=O) groups is 8. The molecular formula is C62H78O17. The first-order valence-corrected chi connectivity index (χ1v) is 26.1. The zero-order valence-electron chi connectivity index (χ0n) is 46.5. The van der Waals surface area contributed by atoms with Crippen molar-refractivity contribution in [2.24, 2.45) is 5.92 Å². The van der Waals surface area contributed by atoms with E-state index in [1.807, 2.05) is 136 Å². The SMILES string of the molecule is CC(=O)OCC1CCCO1.CC(=O)Oc1ccccc1.CC(=O)c1ccccc1.CC1CCC(=O)O1.CC1CCOC1=O.CCC(=O)c1ccccc1.COC(=O)c1ccccc1.O=C1CCCO1.OCCOc1ccccc1. The Labute approximate surface area is 464 Å². The molecule has 4 aliphatic rings. The summed E-state index contributed by atoms with van der Waals surface area (Å²) in [5.41, 5.74) is 2.17. The van der Waals surface area contributed by atoms with Crippen LogP contribution < -0.4 is 9.47 Å². The molecule has 0 amide bonds. The molecule has 1 N–H and O–H groups in total. The maximum atomic E-state index is 11.0. The largest absolute Gasteiger partial charge is 0.491 e. The van der Waals surface area contributed by atoms with E-state index in [1.165, 1.54) is 21.0 Å². The van der Waals surface area contributed by atoms with Crippen LogP contribution in [0.25, 0.3) is 0 Å². The summed E-state index contributed by atoms with van der Waals surface area (Å²) in [6.07, 6.45) is 6.98. The second-order valence-electron chi connectivity index (χ2n) is 17.2. The number of Topliss-reactive ketones (excluding diaryl/α,β-unsaturated/α-hetero) is 2. The molecule has 0 aromatic heterocycles. The number of hydrogen-bond donors (Lipinski definition) is 1. The monoisotopic (exact) mass is 1090 g/mol. The molecule has 3 unspecified atom stereocenters. The van der Waals surface area contributed by atoms with Crippen LogP contribution in [0.2, 0.25) is 0 Å². The highest BCUT2D eigenvalue weighted by Gasteiger charge is 2.20. The van der Waals surface area contributed by atoms with Crippen LogP contribution in [0.15, 0.2) is 152 Å². The number of hydrogen-bond acceptors (Lipinski definition) is 17. The predicted octanol–water partition coefficient (Wildman–Crippen LogP) is 10.6. The van der Waals surface area contributed by atoms with Crippen molar-refractivity contribution < 1.29 is 81.4 Å². The fraction of sp³-hybridized carbons (Fsp3) is 0.387. The molecule has 4 saturated heterocycles. The van der Waals surface area contributed by atoms with Gasteiger partial charge in [0, 0.05) is 50.8 Å². The van der Waals surface area contributed by atoms with Gasteiger partial charge in [0.25, 0.3) is 0 Å². The van der Waals surface area contributed by atoms with E-state index in [0.29, 0.717) is 57.0 Å². The third-order valence-corrected chi connectivity index (χ3v) is 10.5. The Morgan fingerprint density at radius 3 is 1.43 bits per heavy atom. The van der Waals surface area contributed by atoms with Crippen LogP contribution in [0.3, 0.4) is 0 Å². The Balaban J connectivity index is 0.000000446. The molecule has 17 nitrogen and oxygen atoms in total. The number of para-hydroxylation sites is 2. The molecule has 17 heteroatoms. The summed E-state index contributed by atoms with van der Waals surface area (Å²) in [7, 11) is 1.37. The van der Waals surface area contributed by atoms with Crippen LogP contribution in [0.4, 0.5) is 0 Å². The van der Waals surface area contributed by atoms with Crippen molar-refractivity contribution >= 4 is 47.4 Å². The van der Waals surface area contributed by atoms with E-state index in [1.54, 1.807) is 43.3 Å². The van der Waals surface area contributed by atoms with Crippen molar-refractivity contribution in [1.29, 1.82) is 0 Å². The normalized spacial score (nSPS) is 15.7. The lowest BCUT2D eigenvalue weighted by Gasteiger charge is -2.07. The van der Waals surface area contributed by atoms with E-state index in [-0.39, 0.29) is 72.1 Å². The average Bonchev–Trinajstić information content (AvgIpc) is 4.33. The lowest BCUT2D eigenvalue weighted by molar-refractivity contribution is -0.144. The van der Waals surface area contributed by atoms with Gasteiger partial charge >= 0.3 is 35.8 Å². The van der Waals surface area contributed by atoms with Gasteiger partial charge in [-0.25, -0.2) is 4.79 Å². The van der Waals surface area contributed by atoms with Crippen molar-refractivity contribution in [3.63, 3.8) is 0 Å². The van der Waals surface area contributed by atoms with Crippen molar-refractivity contribution in [3.8, 4) is 11.5 Å². The second kappa shape index (κ2) is 44.0. The highest BCUT2D eigenvalue weighted by Crippen LogP contribution is 2.14. The second-order valence-corrected chi connectivity index (χ2v) is 17.2. The molecule has 4 fully saturated rings. The van der Waals surface area contributed by atoms with Gasteiger partial charge in [-0.15, -0.1) is 0 Å². The minimum absolute atomic E-state index is 0.0417. The zero-order chi connectivity index (χ0) is 58.5. The van der Waals surface area contributed by atoms with Gasteiger partial charge in [0.15, 0.2) is 11.6 Å². The number of cyclic esters (lactones) is 3. The summed E-state index contributed by atoms with van der Waals surface area (Å²) in [5, 5.41) is 8.40. The van der Waals surface area contributed by atoms with Gasteiger partial charge in [-0.1, -0.05) is 129 Å². The van der Waals surface area contributed by atoms with E-state index >= 15 is 0 Å². The summed E-state index contributed by atoms with van der Waals surface area (Å²) in [4.78, 5) is 83.8. The molecule has 0 spiro atoms. The van der Waals surface area contributed by atoms with Crippen LogP contribution >= 0.6 is 0 Å². The summed E-state index contributed by atoms with van der Waals surface area (Å²) in [6.45, 7) is 13.0. The Kier molecular flexibility index (Phi) is 38.4. The molecule has 428 valence electrons. The van der Waals surface area contributed by atoms with Gasteiger partial charge in [0.1, 0.15) is 24.7 Å². The summed E-state index contributed by atoms with van der Waals surface area (Å²) in [6, 6.07) is 45.9. The highest BCUT2D eigenvalue weighted by atomic mass is 16.6. The zero-order valence-corrected chi connectivity index (χ0v) is 46.5. The maximum Gasteiger partial charge on any atom is 0.337 e. The minimum atomic E-state index is -0.291. The number of carbonyl (C=O) groups excluding carboxylic acids is 8. The van der Waals surface area contributed by atoms with Crippen LogP contribution in [0, 0.1) is 5.92 Å². The third-order valence-electron chi connectivity index (χ3n) is 10.5. The van der Waals surface area contributed by atoms with E-state index in [4.69, 9.17) is 28.8 Å². The van der Waals surface area contributed by atoms with Gasteiger partial charge < -0.3 is 43.0 Å². The van der Waals surface area contributed by atoms with E-state index in [9.17, 15) is 38.4 Å². The molecular weight excluding hydrogens is 1020 g/mol. The third kappa shape index (κ3) is 36.6. The first-order chi connectivity index (χ1) is 38.0. The minimum Gasteiger partial charge on any atom is -0.491 e. The number of methoxy groups -OCH3 is 1. The maximum absolute atomic E-state index is 11.0. The van der Waals surface area contributed by atoms with Crippen molar-refractivity contribution in [2.75, 3.05) is 46.8 Å². The van der Waals surface area contributed by atoms with Crippen molar-refractivity contribution in [2.45, 2.75) is 105 Å². The average molecular weight is 1100 g/mol. The molecule has 79 heavy (non-hydrogen) atoms. The summed E-state index contributed by atoms with van der Waals surface area (Å²) >= 11 is 0. The number of ether oxygens (including phenoxy) is 8. The van der Waals surface area contributed by atoms with Gasteiger partial charge in [0.05, 0.1) is 50.6 Å². The first kappa shape index (κ1) is 69.0. The molecule has 0 bridgehead atoms. The summed E-state index contributed by atoms with van der Waals surface area (Å²) in [5.74, 6) is 0.938. The highest BCUT2D eigenvalue weighted by molar-refractivity contribution is 5.95. The van der Waals surface area contributed by atoms with Gasteiger partial charge in [-0.05, 0) is 82.3 Å². The summed E-state index contributed by atoms with van der Waals surface area (Å²) < 4.78 is 38.2. The molecule has 5 aromatic carbocycles. The standard InChI is InChI=1S/C9H10O.2C8H8O2.C8H10O2.C8H8O.C7H12O3.2C5H8O2.C4H6O2/c1-2-9(10)8-6-4-3-5-7-8;1-10-8(9)7-5-3-2-4-6-7;1-7(9)10-8-5-3-2-4-6-8;9-6-7-10-8-4-2-1-3-5-8;1-7(9)8-5-3-2-4-6-8;1-6(8)10-5-7-3-2-4-9-7;1-4-2-3-7-5(4)6;1-4-2-3-5(6)7-4;5-4-2-1-3-6-4/h3-7H,2H2,1H3;2*2-6H,1H3;1-5,9H,6-7H2;2-6H,1H3;7H,2-5H2,1H3;2*4H,2-3H2,1H3;1-3H2. The lowest BCUT2D eigenvalue weighted by atomic mass is 10.1. The molecule has 3 atom stereocenters. The van der Waals surface area contributed by atoms with Gasteiger partial charge in [-0.3, -0.25) is 33.6 Å². The van der Waals surface area contributed by atoms with E-state index < -0.39 is 0 Å². The van der Waals surface area contributed by atoms with Crippen LogP contribution in [-0.2, 0) is 52.4 Å². The number of aliphatic hydroxyl groups excluding tert-OH is 1. The number of rotatable bonds is 10. The predicted molar refractivity (Wildman–Crippen MR) is 297 cm³/mol. The number of ketones is 2. The topological polar surface area (TPSA) is 231 Å². The smallest absolute Gasteiger partial charge is 0.337 e. The Hall–Kier alpha value is -8.02. The van der Waals surface area contributed by atoms with Crippen molar-refractivity contribution in [1.82, 2.24) is 0 Å². The van der Waals surface area contributed by atoms with Gasteiger partial charge in [-0.2, -0.15) is 0 Å². The van der Waals surface area contributed by atoms with Crippen LogP contribution in [0.1, 0.15) is 124 Å². The lowest BCUT2D eigenvalue weighted by Crippen LogP contribution is -2.15. The molecule has 0 saturated carbocycles. The quantitative estimate of drug-likeness (QED) is 0.0593. The van der Waals surface area contributed by atoms with E-state index in [0.717, 1.165) is 55.6 Å². The Bertz CT molecular complexity index is 2390. The fourth-order valence-corrected chi connectivity index (χ4v) is 6.25. The Morgan fingerprint density at radius 2 is 1.11 bits per heavy atom. The first-order valence-electron chi connectivity index (χ1n) is 26.1. The number of aliphatic hydroxyl groups is 1. The number of esters is 6. The van der Waals surface area contributed by atoms with Crippen LogP contribution in [-0.4, -0.2) is 111 Å². The molecule has 5 aromatic rings. The fourth-order valence-electron chi connectivity index (χ4n) is 6.25. The molecule has 4 aliphatic heterocycles. The van der Waals surface area contributed by atoms with Crippen LogP contribution in [0.5, 0.6) is 11.5 Å². The van der Waals surface area contributed by atoms with Crippen molar-refractivity contribution in [3.05, 3.63) is 168 Å². The molecule has 0 aliphatic carbocycles. The van der Waals surface area contributed by atoms with E-state index in [2.05, 4.69) is 14.2 Å². The van der Waals surface area contributed by atoms with Gasteiger partial charge in [0.2, 0.25) is 0 Å². The Morgan fingerprint density at radius 1 is 0.582 bits per heavy atom. The molecule has 4 heterocycles. The number of benzene rings is 5. The molecule has 9 rings (SSSR count). The molecule has 0 radical (unpaired) electrons.